The van der Waals surface area contributed by atoms with E-state index in [0.29, 0.717) is 12.4 Å². The molecule has 1 unspecified atom stereocenters. The minimum atomic E-state index is -0.498. The SMILES string of the molecule is C=CC(=O)OCCCC(C)N(/C(C=C)=C/C)c1ccc(OC(=O)C=C)cc1. The first-order valence-corrected chi connectivity index (χ1v) is 8.78. The lowest BCUT2D eigenvalue weighted by atomic mass is 10.1. The highest BCUT2D eigenvalue weighted by Crippen LogP contribution is 2.27. The van der Waals surface area contributed by atoms with Crippen molar-refractivity contribution < 1.29 is 19.1 Å². The largest absolute Gasteiger partial charge is 0.463 e. The highest BCUT2D eigenvalue weighted by Gasteiger charge is 2.17. The average molecular weight is 369 g/mol. The van der Waals surface area contributed by atoms with Crippen LogP contribution in [0.5, 0.6) is 5.75 Å². The van der Waals surface area contributed by atoms with E-state index in [9.17, 15) is 9.59 Å². The van der Waals surface area contributed by atoms with E-state index in [2.05, 4.69) is 31.6 Å². The molecule has 0 amide bonds. The fourth-order valence-corrected chi connectivity index (χ4v) is 2.59. The van der Waals surface area contributed by atoms with Crippen LogP contribution in [0.4, 0.5) is 5.69 Å². The Labute approximate surface area is 161 Å². The van der Waals surface area contributed by atoms with Gasteiger partial charge in [-0.05, 0) is 57.0 Å². The van der Waals surface area contributed by atoms with Crippen molar-refractivity contribution in [2.24, 2.45) is 0 Å². The first-order valence-electron chi connectivity index (χ1n) is 8.78. The zero-order valence-corrected chi connectivity index (χ0v) is 16.0. The number of benzene rings is 1. The molecule has 0 aliphatic rings. The molecule has 0 fully saturated rings. The first-order chi connectivity index (χ1) is 13.0. The number of carbonyl (C=O) groups excluding carboxylic acids is 2. The number of esters is 2. The average Bonchev–Trinajstić information content (AvgIpc) is 2.69. The summed E-state index contributed by atoms with van der Waals surface area (Å²) in [6.45, 7) is 15.0. The fraction of sp³-hybridized carbons (Fsp3) is 0.273. The van der Waals surface area contributed by atoms with Gasteiger partial charge in [0.1, 0.15) is 5.75 Å². The number of rotatable bonds is 11. The van der Waals surface area contributed by atoms with Crippen LogP contribution in [-0.2, 0) is 14.3 Å². The van der Waals surface area contributed by atoms with Crippen LogP contribution in [-0.4, -0.2) is 24.6 Å². The third-order valence-electron chi connectivity index (χ3n) is 3.90. The molecule has 1 rings (SSSR count). The van der Waals surface area contributed by atoms with E-state index in [-0.39, 0.29) is 6.04 Å². The zero-order valence-electron chi connectivity index (χ0n) is 16.0. The van der Waals surface area contributed by atoms with Gasteiger partial charge in [-0.2, -0.15) is 0 Å². The van der Waals surface area contributed by atoms with Crippen molar-refractivity contribution in [1.82, 2.24) is 0 Å². The van der Waals surface area contributed by atoms with Gasteiger partial charge in [0, 0.05) is 29.6 Å². The number of allylic oxidation sites excluding steroid dienone is 2. The summed E-state index contributed by atoms with van der Waals surface area (Å²) in [5.41, 5.74) is 1.90. The van der Waals surface area contributed by atoms with Crippen molar-refractivity contribution in [3.05, 3.63) is 74.0 Å². The molecule has 0 radical (unpaired) electrons. The van der Waals surface area contributed by atoms with Crippen LogP contribution in [0.15, 0.2) is 74.0 Å². The van der Waals surface area contributed by atoms with Gasteiger partial charge < -0.3 is 14.4 Å². The van der Waals surface area contributed by atoms with E-state index in [1.54, 1.807) is 18.2 Å². The third-order valence-corrected chi connectivity index (χ3v) is 3.90. The maximum absolute atomic E-state index is 11.3. The Morgan fingerprint density at radius 1 is 1.07 bits per heavy atom. The molecule has 0 aliphatic heterocycles. The van der Waals surface area contributed by atoms with E-state index >= 15 is 0 Å². The molecule has 1 aromatic carbocycles. The van der Waals surface area contributed by atoms with Crippen LogP contribution in [0, 0.1) is 0 Å². The van der Waals surface area contributed by atoms with Crippen LogP contribution >= 0.6 is 0 Å². The minimum absolute atomic E-state index is 0.137. The summed E-state index contributed by atoms with van der Waals surface area (Å²) in [4.78, 5) is 24.6. The summed E-state index contributed by atoms with van der Waals surface area (Å²) in [6.07, 6.45) is 7.58. The first kappa shape index (κ1) is 22.0. The Hall–Kier alpha value is -3.08. The highest BCUT2D eigenvalue weighted by molar-refractivity contribution is 5.83. The van der Waals surface area contributed by atoms with Crippen molar-refractivity contribution >= 4 is 17.6 Å². The second kappa shape index (κ2) is 11.5. The number of carbonyl (C=O) groups is 2. The van der Waals surface area contributed by atoms with E-state index in [0.717, 1.165) is 36.4 Å². The maximum Gasteiger partial charge on any atom is 0.335 e. The molecule has 0 aromatic heterocycles. The monoisotopic (exact) mass is 369 g/mol. The number of hydrogen-bond donors (Lipinski definition) is 0. The van der Waals surface area contributed by atoms with E-state index in [1.807, 2.05) is 25.1 Å². The fourth-order valence-electron chi connectivity index (χ4n) is 2.59. The van der Waals surface area contributed by atoms with Gasteiger partial charge in [0.25, 0.3) is 0 Å². The zero-order chi connectivity index (χ0) is 20.2. The Morgan fingerprint density at radius 3 is 2.22 bits per heavy atom. The van der Waals surface area contributed by atoms with Gasteiger partial charge >= 0.3 is 11.9 Å². The smallest absolute Gasteiger partial charge is 0.335 e. The lowest BCUT2D eigenvalue weighted by molar-refractivity contribution is -0.137. The molecule has 5 heteroatoms. The van der Waals surface area contributed by atoms with Crippen molar-refractivity contribution in [2.45, 2.75) is 32.7 Å². The molecule has 0 spiro atoms. The van der Waals surface area contributed by atoms with Gasteiger partial charge in [0.05, 0.1) is 6.61 Å². The molecule has 27 heavy (non-hydrogen) atoms. The Balaban J connectivity index is 2.89. The number of hydrogen-bond acceptors (Lipinski definition) is 5. The quantitative estimate of drug-likeness (QED) is 0.188. The van der Waals surface area contributed by atoms with Crippen LogP contribution in [0.25, 0.3) is 0 Å². The molecule has 0 N–H and O–H groups in total. The summed E-state index contributed by atoms with van der Waals surface area (Å²) in [5, 5.41) is 0. The molecule has 0 aliphatic carbocycles. The van der Waals surface area contributed by atoms with Crippen molar-refractivity contribution in [2.75, 3.05) is 11.5 Å². The molecule has 0 saturated heterocycles. The second-order valence-electron chi connectivity index (χ2n) is 5.77. The summed E-state index contributed by atoms with van der Waals surface area (Å²) in [7, 11) is 0. The number of anilines is 1. The lowest BCUT2D eigenvalue weighted by Gasteiger charge is -2.32. The van der Waals surface area contributed by atoms with Crippen LogP contribution in [0.3, 0.4) is 0 Å². The summed E-state index contributed by atoms with van der Waals surface area (Å²) >= 11 is 0. The molecule has 0 saturated carbocycles. The summed E-state index contributed by atoms with van der Waals surface area (Å²) < 4.78 is 10.2. The van der Waals surface area contributed by atoms with E-state index in [1.165, 1.54) is 0 Å². The van der Waals surface area contributed by atoms with Gasteiger partial charge in [0.2, 0.25) is 0 Å². The topological polar surface area (TPSA) is 55.8 Å². The Morgan fingerprint density at radius 2 is 1.70 bits per heavy atom. The molecule has 144 valence electrons. The van der Waals surface area contributed by atoms with Crippen LogP contribution in [0.2, 0.25) is 0 Å². The summed E-state index contributed by atoms with van der Waals surface area (Å²) in [5.74, 6) is -0.458. The third kappa shape index (κ3) is 6.98. The highest BCUT2D eigenvalue weighted by atomic mass is 16.5. The van der Waals surface area contributed by atoms with Gasteiger partial charge in [-0.25, -0.2) is 9.59 Å². The van der Waals surface area contributed by atoms with Gasteiger partial charge in [-0.1, -0.05) is 25.8 Å². The van der Waals surface area contributed by atoms with E-state index < -0.39 is 11.9 Å². The van der Waals surface area contributed by atoms with Crippen molar-refractivity contribution in [3.8, 4) is 5.75 Å². The standard InChI is InChI=1S/C22H27NO4/c1-6-18(7-2)23(17(5)11-10-16-26-21(24)8-3)19-12-14-20(15-13-19)27-22(25)9-4/h6-9,12-15,17H,1,3-4,10-11,16H2,2,5H3/b18-7+. The predicted octanol–water partition coefficient (Wildman–Crippen LogP) is 4.57. The molecular weight excluding hydrogens is 342 g/mol. The van der Waals surface area contributed by atoms with Gasteiger partial charge in [-0.15, -0.1) is 0 Å². The Bertz CT molecular complexity index is 704. The molecule has 5 nitrogen and oxygen atoms in total. The van der Waals surface area contributed by atoms with Gasteiger partial charge in [0.15, 0.2) is 0 Å². The Kier molecular flexibility index (Phi) is 9.37. The summed E-state index contributed by atoms with van der Waals surface area (Å²) in [6, 6.07) is 7.37. The molecule has 0 heterocycles. The second-order valence-corrected chi connectivity index (χ2v) is 5.77. The molecular formula is C22H27NO4. The van der Waals surface area contributed by atoms with E-state index in [4.69, 9.17) is 9.47 Å². The number of nitrogens with zero attached hydrogens (tertiary/aromatic N) is 1. The van der Waals surface area contributed by atoms with Crippen LogP contribution < -0.4 is 9.64 Å². The number of ether oxygens (including phenoxy) is 2. The minimum Gasteiger partial charge on any atom is -0.463 e. The predicted molar refractivity (Wildman–Crippen MR) is 109 cm³/mol. The van der Waals surface area contributed by atoms with Crippen LogP contribution in [0.1, 0.15) is 26.7 Å². The molecule has 1 aromatic rings. The maximum atomic E-state index is 11.3. The lowest BCUT2D eigenvalue weighted by Crippen LogP contribution is -2.32. The molecule has 1 atom stereocenters. The van der Waals surface area contributed by atoms with Crippen molar-refractivity contribution in [1.29, 1.82) is 0 Å². The van der Waals surface area contributed by atoms with Gasteiger partial charge in [-0.3, -0.25) is 0 Å². The molecule has 0 bridgehead atoms. The normalized spacial score (nSPS) is 11.9. The van der Waals surface area contributed by atoms with Crippen molar-refractivity contribution in [3.63, 3.8) is 0 Å².